The van der Waals surface area contributed by atoms with Gasteiger partial charge in [0.1, 0.15) is 0 Å². The average Bonchev–Trinajstić information content (AvgIpc) is 1.99. The zero-order chi connectivity index (χ0) is 7.98. The Labute approximate surface area is 61.9 Å². The smallest absolute Gasteiger partial charge is 0.158 e. The molecule has 0 aliphatic rings. The second-order valence-corrected chi connectivity index (χ2v) is 1.99. The van der Waals surface area contributed by atoms with Gasteiger partial charge in [0.05, 0.1) is 12.9 Å². The third kappa shape index (κ3) is 3.28. The van der Waals surface area contributed by atoms with E-state index in [4.69, 9.17) is 4.74 Å². The van der Waals surface area contributed by atoms with Crippen molar-refractivity contribution in [2.45, 2.75) is 26.7 Å². The van der Waals surface area contributed by atoms with Crippen LogP contribution in [0.25, 0.3) is 0 Å². The molecule has 0 atom stereocenters. The Morgan fingerprint density at radius 2 is 2.00 bits per heavy atom. The summed E-state index contributed by atoms with van der Waals surface area (Å²) in [7, 11) is 1.58. The molecule has 0 rings (SSSR count). The number of ether oxygens (including phenoxy) is 1. The third-order valence-electron chi connectivity index (χ3n) is 1.28. The number of rotatable bonds is 4. The molecule has 0 spiro atoms. The van der Waals surface area contributed by atoms with E-state index in [1.54, 1.807) is 13.2 Å². The highest BCUT2D eigenvalue weighted by Gasteiger charge is 1.95. The number of methoxy groups -OCH3 is 1. The molecule has 2 nitrogen and oxygen atoms in total. The second-order valence-electron chi connectivity index (χ2n) is 1.99. The monoisotopic (exact) mass is 142 g/mol. The van der Waals surface area contributed by atoms with Crippen LogP contribution in [0, 0.1) is 0 Å². The molecule has 0 heterocycles. The van der Waals surface area contributed by atoms with E-state index in [1.165, 1.54) is 0 Å². The van der Waals surface area contributed by atoms with E-state index in [2.05, 4.69) is 0 Å². The summed E-state index contributed by atoms with van der Waals surface area (Å²) in [6, 6.07) is 0. The van der Waals surface area contributed by atoms with E-state index in [0.29, 0.717) is 6.42 Å². The van der Waals surface area contributed by atoms with Gasteiger partial charge in [-0.15, -0.1) is 0 Å². The normalized spacial score (nSPS) is 11.3. The van der Waals surface area contributed by atoms with Gasteiger partial charge in [-0.25, -0.2) is 0 Å². The Morgan fingerprint density at radius 1 is 1.40 bits per heavy atom. The van der Waals surface area contributed by atoms with Crippen molar-refractivity contribution in [1.82, 2.24) is 0 Å². The topological polar surface area (TPSA) is 26.3 Å². The van der Waals surface area contributed by atoms with E-state index in [9.17, 15) is 4.79 Å². The number of carbonyl (C=O) groups is 1. The van der Waals surface area contributed by atoms with Crippen LogP contribution in [0.1, 0.15) is 26.7 Å². The van der Waals surface area contributed by atoms with Crippen molar-refractivity contribution in [1.29, 1.82) is 0 Å². The highest BCUT2D eigenvalue weighted by Crippen LogP contribution is 2.01. The van der Waals surface area contributed by atoms with Crippen LogP contribution < -0.4 is 0 Å². The molecule has 58 valence electrons. The van der Waals surface area contributed by atoms with Gasteiger partial charge >= 0.3 is 0 Å². The summed E-state index contributed by atoms with van der Waals surface area (Å²) in [5.41, 5.74) is 0. The van der Waals surface area contributed by atoms with Gasteiger partial charge in [-0.3, -0.25) is 4.79 Å². The van der Waals surface area contributed by atoms with Gasteiger partial charge in [0.2, 0.25) is 0 Å². The van der Waals surface area contributed by atoms with Crippen LogP contribution in [-0.2, 0) is 9.53 Å². The first-order valence-electron chi connectivity index (χ1n) is 3.52. The number of ketones is 1. The molecule has 0 unspecified atom stereocenters. The molecular formula is C8H14O2. The van der Waals surface area contributed by atoms with Gasteiger partial charge in [-0.05, 0) is 0 Å². The lowest BCUT2D eigenvalue weighted by Gasteiger charge is -1.99. The summed E-state index contributed by atoms with van der Waals surface area (Å²) in [5, 5.41) is 0. The highest BCUT2D eigenvalue weighted by atomic mass is 16.5. The Kier molecular flexibility index (Phi) is 4.63. The molecule has 0 aromatic heterocycles. The standard InChI is InChI=1S/C8H14O2/c1-4-7(9)6-8(5-2)10-3/h6H,4-5H2,1-3H3. The minimum absolute atomic E-state index is 0.124. The summed E-state index contributed by atoms with van der Waals surface area (Å²) in [5.74, 6) is 0.880. The predicted octanol–water partition coefficient (Wildman–Crippen LogP) is 1.91. The largest absolute Gasteiger partial charge is 0.501 e. The fourth-order valence-electron chi connectivity index (χ4n) is 0.587. The molecule has 0 aliphatic heterocycles. The molecule has 0 saturated carbocycles. The molecule has 0 aliphatic carbocycles. The van der Waals surface area contributed by atoms with Gasteiger partial charge in [0.25, 0.3) is 0 Å². The Bertz CT molecular complexity index is 130. The molecule has 0 aromatic rings. The minimum atomic E-state index is 0.124. The van der Waals surface area contributed by atoms with Gasteiger partial charge in [-0.1, -0.05) is 13.8 Å². The molecular weight excluding hydrogens is 128 g/mol. The maximum atomic E-state index is 10.8. The molecule has 0 saturated heterocycles. The maximum Gasteiger partial charge on any atom is 0.158 e. The lowest BCUT2D eigenvalue weighted by Crippen LogP contribution is -1.93. The zero-order valence-electron chi connectivity index (χ0n) is 6.81. The van der Waals surface area contributed by atoms with Gasteiger partial charge in [0, 0.05) is 18.9 Å². The van der Waals surface area contributed by atoms with Crippen molar-refractivity contribution in [3.05, 3.63) is 11.8 Å². The summed E-state index contributed by atoms with van der Waals surface area (Å²) in [6.07, 6.45) is 2.88. The quantitative estimate of drug-likeness (QED) is 0.442. The van der Waals surface area contributed by atoms with Gasteiger partial charge in [-0.2, -0.15) is 0 Å². The SMILES string of the molecule is CCC(=O)C=C(CC)OC. The molecule has 0 radical (unpaired) electrons. The summed E-state index contributed by atoms with van der Waals surface area (Å²) in [6.45, 7) is 3.79. The van der Waals surface area contributed by atoms with Crippen LogP contribution in [0.3, 0.4) is 0 Å². The lowest BCUT2D eigenvalue weighted by atomic mass is 10.2. The van der Waals surface area contributed by atoms with Crippen molar-refractivity contribution < 1.29 is 9.53 Å². The predicted molar refractivity (Wildman–Crippen MR) is 40.7 cm³/mol. The van der Waals surface area contributed by atoms with Crippen molar-refractivity contribution >= 4 is 5.78 Å². The maximum absolute atomic E-state index is 10.8. The van der Waals surface area contributed by atoms with E-state index in [-0.39, 0.29) is 5.78 Å². The van der Waals surface area contributed by atoms with Gasteiger partial charge < -0.3 is 4.74 Å². The van der Waals surface area contributed by atoms with Crippen molar-refractivity contribution in [2.24, 2.45) is 0 Å². The zero-order valence-corrected chi connectivity index (χ0v) is 6.81. The average molecular weight is 142 g/mol. The third-order valence-corrected chi connectivity index (χ3v) is 1.28. The first kappa shape index (κ1) is 9.21. The van der Waals surface area contributed by atoms with Crippen LogP contribution in [0.15, 0.2) is 11.8 Å². The number of hydrogen-bond donors (Lipinski definition) is 0. The molecule has 2 heteroatoms. The molecule has 0 bridgehead atoms. The molecule has 0 amide bonds. The lowest BCUT2D eigenvalue weighted by molar-refractivity contribution is -0.114. The molecule has 0 aromatic carbocycles. The fourth-order valence-corrected chi connectivity index (χ4v) is 0.587. The Balaban J connectivity index is 3.96. The summed E-state index contributed by atoms with van der Waals surface area (Å²) >= 11 is 0. The van der Waals surface area contributed by atoms with E-state index < -0.39 is 0 Å². The molecule has 0 N–H and O–H groups in total. The first-order chi connectivity index (χ1) is 4.74. The van der Waals surface area contributed by atoms with E-state index in [1.807, 2.05) is 13.8 Å². The first-order valence-corrected chi connectivity index (χ1v) is 3.52. The van der Waals surface area contributed by atoms with Crippen molar-refractivity contribution in [3.8, 4) is 0 Å². The minimum Gasteiger partial charge on any atom is -0.501 e. The number of carbonyl (C=O) groups excluding carboxylic acids is 1. The highest BCUT2D eigenvalue weighted by molar-refractivity contribution is 5.89. The summed E-state index contributed by atoms with van der Waals surface area (Å²) in [4.78, 5) is 10.8. The van der Waals surface area contributed by atoms with Crippen molar-refractivity contribution in [2.75, 3.05) is 7.11 Å². The van der Waals surface area contributed by atoms with Crippen LogP contribution in [0.4, 0.5) is 0 Å². The van der Waals surface area contributed by atoms with E-state index in [0.717, 1.165) is 12.2 Å². The number of allylic oxidation sites excluding steroid dienone is 2. The fraction of sp³-hybridized carbons (Fsp3) is 0.625. The summed E-state index contributed by atoms with van der Waals surface area (Å²) < 4.78 is 4.91. The second kappa shape index (κ2) is 5.03. The Morgan fingerprint density at radius 3 is 2.30 bits per heavy atom. The Hall–Kier alpha value is -0.790. The van der Waals surface area contributed by atoms with Crippen LogP contribution >= 0.6 is 0 Å². The van der Waals surface area contributed by atoms with E-state index >= 15 is 0 Å². The number of hydrogen-bond acceptors (Lipinski definition) is 2. The van der Waals surface area contributed by atoms with Crippen molar-refractivity contribution in [3.63, 3.8) is 0 Å². The molecule has 0 fully saturated rings. The van der Waals surface area contributed by atoms with Gasteiger partial charge in [0.15, 0.2) is 5.78 Å². The van der Waals surface area contributed by atoms with Crippen LogP contribution in [0.2, 0.25) is 0 Å². The van der Waals surface area contributed by atoms with Crippen LogP contribution in [0.5, 0.6) is 0 Å². The molecule has 10 heavy (non-hydrogen) atoms. The van der Waals surface area contributed by atoms with Crippen LogP contribution in [-0.4, -0.2) is 12.9 Å².